The van der Waals surface area contributed by atoms with Crippen LogP contribution in [0.4, 0.5) is 0 Å². The van der Waals surface area contributed by atoms with Gasteiger partial charge in [0.25, 0.3) is 0 Å². The molecule has 0 aliphatic heterocycles. The number of carbonyl (C=O) groups excluding carboxylic acids is 1. The number of carbonyl (C=O) groups is 2. The molecule has 0 unspecified atom stereocenters. The van der Waals surface area contributed by atoms with Crippen LogP contribution in [0, 0.1) is 11.3 Å². The summed E-state index contributed by atoms with van der Waals surface area (Å²) in [7, 11) is 0. The van der Waals surface area contributed by atoms with Gasteiger partial charge in [-0.3, -0.25) is 9.59 Å². The summed E-state index contributed by atoms with van der Waals surface area (Å²) in [5.74, 6) is -0.518. The number of hydrogen-bond donors (Lipinski definition) is 3. The van der Waals surface area contributed by atoms with E-state index in [1.54, 1.807) is 19.9 Å². The van der Waals surface area contributed by atoms with Gasteiger partial charge in [0.2, 0.25) is 0 Å². The van der Waals surface area contributed by atoms with E-state index in [9.17, 15) is 14.7 Å². The Morgan fingerprint density at radius 2 is 1.91 bits per heavy atom. The first-order chi connectivity index (χ1) is 15.4. The maximum Gasteiger partial charge on any atom is 0.309 e. The summed E-state index contributed by atoms with van der Waals surface area (Å²) >= 11 is 5.75. The summed E-state index contributed by atoms with van der Waals surface area (Å²) < 4.78 is 1.99. The number of carboxylic acid groups (broad SMARTS) is 1. The highest BCUT2D eigenvalue weighted by Crippen LogP contribution is 2.38. The number of halogens is 1. The van der Waals surface area contributed by atoms with Gasteiger partial charge in [0.05, 0.1) is 17.1 Å². The van der Waals surface area contributed by atoms with Gasteiger partial charge in [-0.2, -0.15) is 0 Å². The first-order valence-electron chi connectivity index (χ1n) is 11.4. The lowest BCUT2D eigenvalue weighted by Crippen LogP contribution is -2.30. The largest absolute Gasteiger partial charge is 0.481 e. The average Bonchev–Trinajstić information content (AvgIpc) is 2.96. The minimum atomic E-state index is -1.05. The molecule has 0 atom stereocenters. The highest BCUT2D eigenvalue weighted by Gasteiger charge is 2.36. The highest BCUT2D eigenvalue weighted by molar-refractivity contribution is 6.29. The van der Waals surface area contributed by atoms with Crippen molar-refractivity contribution in [3.63, 3.8) is 0 Å². The van der Waals surface area contributed by atoms with Crippen LogP contribution in [0.15, 0.2) is 41.2 Å². The number of carboxylic acids is 1. The molecule has 33 heavy (non-hydrogen) atoms. The number of rotatable bonds is 9. The fourth-order valence-electron chi connectivity index (χ4n) is 4.21. The van der Waals surface area contributed by atoms with E-state index in [0.29, 0.717) is 23.7 Å². The molecule has 0 radical (unpaired) electrons. The fourth-order valence-corrected chi connectivity index (χ4v) is 4.28. The summed E-state index contributed by atoms with van der Waals surface area (Å²) in [4.78, 5) is 25.7. The quantitative estimate of drug-likeness (QED) is 0.261. The molecule has 178 valence electrons. The number of ketones is 1. The van der Waals surface area contributed by atoms with Crippen LogP contribution in [0.5, 0.6) is 0 Å². The molecule has 0 amide bonds. The van der Waals surface area contributed by atoms with E-state index in [0.717, 1.165) is 41.4 Å². The van der Waals surface area contributed by atoms with Crippen molar-refractivity contribution in [2.45, 2.75) is 65.8 Å². The van der Waals surface area contributed by atoms with Gasteiger partial charge >= 0.3 is 5.97 Å². The third-order valence-corrected chi connectivity index (χ3v) is 6.70. The number of hydrogen-bond acceptors (Lipinski definition) is 4. The van der Waals surface area contributed by atoms with Crippen LogP contribution in [0.2, 0.25) is 0 Å². The van der Waals surface area contributed by atoms with E-state index in [4.69, 9.17) is 23.1 Å². The molecule has 1 fully saturated rings. The smallest absolute Gasteiger partial charge is 0.309 e. The van der Waals surface area contributed by atoms with Gasteiger partial charge in [-0.1, -0.05) is 37.9 Å². The molecular weight excluding hydrogens is 438 g/mol. The third kappa shape index (κ3) is 5.27. The van der Waals surface area contributed by atoms with Gasteiger partial charge in [0.1, 0.15) is 0 Å². The maximum absolute atomic E-state index is 13.7. The average molecular weight is 472 g/mol. The number of fused-ring (bicyclic) bond motifs is 1. The van der Waals surface area contributed by atoms with Gasteiger partial charge < -0.3 is 21.1 Å². The molecule has 1 aromatic heterocycles. The number of allylic oxidation sites excluding steroid dienone is 3. The van der Waals surface area contributed by atoms with E-state index in [-0.39, 0.29) is 23.3 Å². The Labute approximate surface area is 200 Å². The number of nitrogens with zero attached hydrogens (tertiary/aromatic N) is 1. The Kier molecular flexibility index (Phi) is 7.27. The van der Waals surface area contributed by atoms with Gasteiger partial charge in [0.15, 0.2) is 5.78 Å². The molecule has 5 N–H and O–H groups in total. The van der Waals surface area contributed by atoms with Crippen LogP contribution in [-0.2, 0) is 17.8 Å². The van der Waals surface area contributed by atoms with Crippen LogP contribution in [-0.4, -0.2) is 21.4 Å². The Bertz CT molecular complexity index is 1130. The molecule has 1 heterocycles. The second-order valence-corrected chi connectivity index (χ2v) is 10.4. The zero-order valence-electron chi connectivity index (χ0n) is 19.8. The summed E-state index contributed by atoms with van der Waals surface area (Å²) in [5, 5.41) is 10.8. The Hall–Kier alpha value is -2.73. The van der Waals surface area contributed by atoms with E-state index < -0.39 is 11.4 Å². The maximum atomic E-state index is 13.7. The number of nitrogens with two attached hydrogens (primary N) is 2. The summed E-state index contributed by atoms with van der Waals surface area (Å²) in [6, 6.07) is 6.15. The second-order valence-electron chi connectivity index (χ2n) is 9.99. The number of aliphatic carboxylic acids is 1. The number of aromatic nitrogens is 1. The van der Waals surface area contributed by atoms with E-state index in [1.807, 2.05) is 10.6 Å². The predicted molar refractivity (Wildman–Crippen MR) is 133 cm³/mol. The summed E-state index contributed by atoms with van der Waals surface area (Å²) in [6.45, 7) is 7.89. The van der Waals surface area contributed by atoms with Crippen molar-refractivity contribution in [3.8, 4) is 0 Å². The van der Waals surface area contributed by atoms with Gasteiger partial charge in [-0.25, -0.2) is 0 Å². The molecule has 1 aliphatic carbocycles. The molecule has 1 aliphatic rings. The van der Waals surface area contributed by atoms with Crippen LogP contribution >= 0.6 is 11.6 Å². The van der Waals surface area contributed by atoms with Crippen LogP contribution in [0.25, 0.3) is 10.9 Å². The lowest BCUT2D eigenvalue weighted by atomic mass is 9.78. The van der Waals surface area contributed by atoms with Crippen LogP contribution in [0.3, 0.4) is 0 Å². The zero-order valence-corrected chi connectivity index (χ0v) is 20.6. The van der Waals surface area contributed by atoms with Crippen molar-refractivity contribution < 1.29 is 14.7 Å². The lowest BCUT2D eigenvalue weighted by molar-refractivity contribution is -0.146. The Morgan fingerprint density at radius 3 is 2.42 bits per heavy atom. The molecule has 3 rings (SSSR count). The Balaban J connectivity index is 2.29. The molecule has 0 spiro atoms. The van der Waals surface area contributed by atoms with Crippen molar-refractivity contribution in [1.82, 2.24) is 4.57 Å². The van der Waals surface area contributed by atoms with Gasteiger partial charge in [-0.15, -0.1) is 0 Å². The SMILES string of the molecule is CC(C)c1ccc2c(c1)c(C(=O)C1CCC1)c(CC(C)(C)C(=O)O)n2C/C(N)=C/C=C(\N)Cl. The second kappa shape index (κ2) is 9.64. The van der Waals surface area contributed by atoms with Crippen LogP contribution < -0.4 is 11.5 Å². The van der Waals surface area contributed by atoms with Crippen molar-refractivity contribution in [2.75, 3.05) is 0 Å². The topological polar surface area (TPSA) is 111 Å². The van der Waals surface area contributed by atoms with Crippen molar-refractivity contribution >= 4 is 34.3 Å². The normalized spacial score (nSPS) is 15.8. The molecule has 0 saturated heterocycles. The number of benzene rings is 1. The van der Waals surface area contributed by atoms with Crippen LogP contribution in [0.1, 0.15) is 74.5 Å². The molecule has 2 aromatic rings. The van der Waals surface area contributed by atoms with Crippen molar-refractivity contribution in [2.24, 2.45) is 22.8 Å². The molecular formula is C26H34ClN3O3. The number of Topliss-reactive ketones (excluding diaryl/α,β-unsaturated/α-hetero) is 1. The molecule has 1 saturated carbocycles. The van der Waals surface area contributed by atoms with Gasteiger partial charge in [-0.05, 0) is 62.5 Å². The van der Waals surface area contributed by atoms with E-state index in [2.05, 4.69) is 26.0 Å². The molecule has 7 heteroatoms. The van der Waals surface area contributed by atoms with E-state index in [1.165, 1.54) is 6.08 Å². The first-order valence-corrected chi connectivity index (χ1v) is 11.8. The molecule has 6 nitrogen and oxygen atoms in total. The fraction of sp³-hybridized carbons (Fsp3) is 0.462. The highest BCUT2D eigenvalue weighted by atomic mass is 35.5. The minimum absolute atomic E-state index is 0.00897. The molecule has 0 bridgehead atoms. The summed E-state index contributed by atoms with van der Waals surface area (Å²) in [5.41, 5.74) is 14.6. The minimum Gasteiger partial charge on any atom is -0.481 e. The molecule has 1 aromatic carbocycles. The predicted octanol–water partition coefficient (Wildman–Crippen LogP) is 5.28. The van der Waals surface area contributed by atoms with Crippen molar-refractivity contribution in [1.29, 1.82) is 0 Å². The zero-order chi connectivity index (χ0) is 24.5. The lowest BCUT2D eigenvalue weighted by Gasteiger charge is -2.26. The van der Waals surface area contributed by atoms with E-state index >= 15 is 0 Å². The standard InChI is InChI=1S/C26H34ClN3O3/c1-15(2)17-8-10-20-19(12-17)23(24(31)16-6-5-7-16)21(13-26(3,4)25(32)33)30(20)14-18(28)9-11-22(27)29/h8-12,15-16H,5-7,13-14,28-29H2,1-4H3,(H,32,33)/b18-9-,22-11-. The summed E-state index contributed by atoms with van der Waals surface area (Å²) in [6.07, 6.45) is 6.15. The van der Waals surface area contributed by atoms with Crippen molar-refractivity contribution in [3.05, 3.63) is 58.0 Å². The Morgan fingerprint density at radius 1 is 1.24 bits per heavy atom. The first kappa shape index (κ1) is 24.9. The third-order valence-electron chi connectivity index (χ3n) is 6.57. The van der Waals surface area contributed by atoms with Gasteiger partial charge in [0, 0.05) is 40.2 Å². The monoisotopic (exact) mass is 471 g/mol.